The summed E-state index contributed by atoms with van der Waals surface area (Å²) in [6, 6.07) is 22.2. The monoisotopic (exact) mass is 440 g/mol. The van der Waals surface area contributed by atoms with Gasteiger partial charge in [0.1, 0.15) is 0 Å². The fraction of sp³-hybridized carbons (Fsp3) is 0.250. The third kappa shape index (κ3) is 3.95. The molecule has 0 fully saturated rings. The minimum Gasteiger partial charge on any atom is -0.493 e. The molecule has 3 aromatic carbocycles. The van der Waals surface area contributed by atoms with E-state index in [1.54, 1.807) is 14.2 Å². The van der Waals surface area contributed by atoms with Gasteiger partial charge in [-0.05, 0) is 54.7 Å². The molecule has 0 saturated carbocycles. The summed E-state index contributed by atoms with van der Waals surface area (Å²) in [7, 11) is 3.25. The molecule has 2 N–H and O–H groups in total. The first-order chi connectivity index (χ1) is 16.1. The molecule has 5 heteroatoms. The number of rotatable bonds is 4. The Bertz CT molecular complexity index is 1230. The molecule has 2 atom stereocenters. The topological polar surface area (TPSA) is 59.6 Å². The zero-order valence-electron chi connectivity index (χ0n) is 19.1. The van der Waals surface area contributed by atoms with Gasteiger partial charge >= 0.3 is 0 Å². The van der Waals surface area contributed by atoms with Gasteiger partial charge in [-0.1, -0.05) is 48.0 Å². The number of benzene rings is 3. The van der Waals surface area contributed by atoms with Gasteiger partial charge in [0.2, 0.25) is 0 Å². The summed E-state index contributed by atoms with van der Waals surface area (Å²) < 4.78 is 11.0. The molecule has 2 aliphatic rings. The average molecular weight is 441 g/mol. The van der Waals surface area contributed by atoms with Crippen LogP contribution in [0.1, 0.15) is 41.5 Å². The fourth-order valence-corrected chi connectivity index (χ4v) is 4.85. The minimum atomic E-state index is -0.289. The van der Waals surface area contributed by atoms with E-state index >= 15 is 0 Å². The van der Waals surface area contributed by atoms with Gasteiger partial charge in [0.25, 0.3) is 0 Å². The Labute approximate surface area is 194 Å². The van der Waals surface area contributed by atoms with Crippen LogP contribution in [0.15, 0.2) is 78.0 Å². The van der Waals surface area contributed by atoms with Gasteiger partial charge in [0.05, 0.1) is 31.6 Å². The highest BCUT2D eigenvalue weighted by Gasteiger charge is 2.36. The van der Waals surface area contributed by atoms with Crippen LogP contribution in [0.25, 0.3) is 0 Å². The first-order valence-electron chi connectivity index (χ1n) is 11.2. The second kappa shape index (κ2) is 8.66. The standard InChI is InChI=1S/C28H28N2O3/c1-17-8-10-18(11-9-17)20-14-23-27(24(31)15-20)28(30-22-7-5-4-6-21(22)29-23)19-12-13-25(32-2)26(16-19)33-3/h4-13,16,20,28-30H,14-15H2,1-3H3/t20-,28-/m0/s1. The number of para-hydroxylation sites is 2. The lowest BCUT2D eigenvalue weighted by Gasteiger charge is -2.30. The number of hydrogen-bond acceptors (Lipinski definition) is 5. The van der Waals surface area contributed by atoms with Crippen LogP contribution < -0.4 is 20.1 Å². The summed E-state index contributed by atoms with van der Waals surface area (Å²) in [6.45, 7) is 2.08. The van der Waals surface area contributed by atoms with Crippen LogP contribution >= 0.6 is 0 Å². The summed E-state index contributed by atoms with van der Waals surface area (Å²) >= 11 is 0. The maximum Gasteiger partial charge on any atom is 0.163 e. The van der Waals surface area contributed by atoms with Crippen LogP contribution in [0, 0.1) is 6.92 Å². The molecule has 5 rings (SSSR count). The van der Waals surface area contributed by atoms with Crippen molar-refractivity contribution in [3.05, 3.63) is 94.7 Å². The summed E-state index contributed by atoms with van der Waals surface area (Å²) in [6.07, 6.45) is 1.27. The van der Waals surface area contributed by atoms with Crippen molar-refractivity contribution in [3.63, 3.8) is 0 Å². The lowest BCUT2D eigenvalue weighted by atomic mass is 9.78. The summed E-state index contributed by atoms with van der Waals surface area (Å²) in [5.41, 5.74) is 7.10. The van der Waals surface area contributed by atoms with Crippen LogP contribution in [0.2, 0.25) is 0 Å². The van der Waals surface area contributed by atoms with Gasteiger partial charge in [-0.15, -0.1) is 0 Å². The van der Waals surface area contributed by atoms with E-state index in [4.69, 9.17) is 9.47 Å². The van der Waals surface area contributed by atoms with Crippen molar-refractivity contribution < 1.29 is 14.3 Å². The van der Waals surface area contributed by atoms with Crippen LogP contribution in [-0.4, -0.2) is 20.0 Å². The summed E-state index contributed by atoms with van der Waals surface area (Å²) in [4.78, 5) is 13.7. The fourth-order valence-electron chi connectivity index (χ4n) is 4.85. The molecular formula is C28H28N2O3. The quantitative estimate of drug-likeness (QED) is 0.522. The van der Waals surface area contributed by atoms with Crippen molar-refractivity contribution in [3.8, 4) is 11.5 Å². The first-order valence-corrected chi connectivity index (χ1v) is 11.2. The molecule has 0 aromatic heterocycles. The van der Waals surface area contributed by atoms with Gasteiger partial charge < -0.3 is 20.1 Å². The van der Waals surface area contributed by atoms with E-state index in [-0.39, 0.29) is 17.7 Å². The summed E-state index contributed by atoms with van der Waals surface area (Å²) in [5, 5.41) is 7.21. The van der Waals surface area contributed by atoms with E-state index in [2.05, 4.69) is 41.8 Å². The van der Waals surface area contributed by atoms with Crippen molar-refractivity contribution in [2.75, 3.05) is 24.9 Å². The first kappa shape index (κ1) is 21.1. The average Bonchev–Trinajstić information content (AvgIpc) is 3.01. The number of methoxy groups -OCH3 is 2. The maximum atomic E-state index is 13.7. The van der Waals surface area contributed by atoms with Crippen molar-refractivity contribution >= 4 is 17.2 Å². The van der Waals surface area contributed by atoms with Gasteiger partial charge in [-0.2, -0.15) is 0 Å². The van der Waals surface area contributed by atoms with Gasteiger partial charge in [0.15, 0.2) is 17.3 Å². The number of nitrogens with one attached hydrogen (secondary N) is 2. The molecule has 0 saturated heterocycles. The number of Topliss-reactive ketones (excluding diaryl/α,β-unsaturated/α-hetero) is 1. The van der Waals surface area contributed by atoms with E-state index in [1.807, 2.05) is 42.5 Å². The zero-order chi connectivity index (χ0) is 22.9. The van der Waals surface area contributed by atoms with E-state index in [0.717, 1.165) is 34.6 Å². The SMILES string of the molecule is COc1ccc([C@@H]2Nc3ccccc3NC3=C2C(=O)C[C@@H](c2ccc(C)cc2)C3)cc1OC. The minimum absolute atomic E-state index is 0.153. The Morgan fingerprint density at radius 3 is 2.24 bits per heavy atom. The highest BCUT2D eigenvalue weighted by Crippen LogP contribution is 2.45. The smallest absolute Gasteiger partial charge is 0.163 e. The second-order valence-electron chi connectivity index (χ2n) is 8.69. The lowest BCUT2D eigenvalue weighted by Crippen LogP contribution is -2.26. The van der Waals surface area contributed by atoms with E-state index < -0.39 is 0 Å². The highest BCUT2D eigenvalue weighted by molar-refractivity contribution is 6.01. The number of anilines is 2. The number of allylic oxidation sites excluding steroid dienone is 1. The normalized spacial score (nSPS) is 19.5. The molecule has 1 heterocycles. The van der Waals surface area contributed by atoms with Gasteiger partial charge in [-0.25, -0.2) is 0 Å². The molecule has 1 aliphatic carbocycles. The number of fused-ring (bicyclic) bond motifs is 1. The van der Waals surface area contributed by atoms with Crippen LogP contribution in [0.4, 0.5) is 11.4 Å². The summed E-state index contributed by atoms with van der Waals surface area (Å²) in [5.74, 6) is 1.62. The molecule has 0 spiro atoms. The molecule has 0 unspecified atom stereocenters. The predicted octanol–water partition coefficient (Wildman–Crippen LogP) is 5.99. The molecule has 0 radical (unpaired) electrons. The Hall–Kier alpha value is -3.73. The third-order valence-electron chi connectivity index (χ3n) is 6.60. The van der Waals surface area contributed by atoms with Crippen molar-refractivity contribution in [2.45, 2.75) is 31.7 Å². The number of hydrogen-bond donors (Lipinski definition) is 2. The number of aryl methyl sites for hydroxylation is 1. The Kier molecular flexibility index (Phi) is 5.55. The highest BCUT2D eigenvalue weighted by atomic mass is 16.5. The Morgan fingerprint density at radius 1 is 0.818 bits per heavy atom. The van der Waals surface area contributed by atoms with Crippen LogP contribution in [0.3, 0.4) is 0 Å². The number of ether oxygens (including phenoxy) is 2. The largest absolute Gasteiger partial charge is 0.493 e. The molecule has 33 heavy (non-hydrogen) atoms. The zero-order valence-corrected chi connectivity index (χ0v) is 19.1. The second-order valence-corrected chi connectivity index (χ2v) is 8.69. The molecule has 3 aromatic rings. The molecule has 168 valence electrons. The number of carbonyl (C=O) groups excluding carboxylic acids is 1. The van der Waals surface area contributed by atoms with E-state index in [0.29, 0.717) is 17.9 Å². The third-order valence-corrected chi connectivity index (χ3v) is 6.60. The van der Waals surface area contributed by atoms with Crippen LogP contribution in [0.5, 0.6) is 11.5 Å². The number of carbonyl (C=O) groups is 1. The van der Waals surface area contributed by atoms with Crippen molar-refractivity contribution in [2.24, 2.45) is 0 Å². The Balaban J connectivity index is 1.61. The van der Waals surface area contributed by atoms with E-state index in [1.165, 1.54) is 11.1 Å². The Morgan fingerprint density at radius 2 is 1.52 bits per heavy atom. The molecule has 0 amide bonds. The molecule has 1 aliphatic heterocycles. The van der Waals surface area contributed by atoms with Crippen LogP contribution in [-0.2, 0) is 4.79 Å². The number of ketones is 1. The van der Waals surface area contributed by atoms with Gasteiger partial charge in [0, 0.05) is 17.7 Å². The predicted molar refractivity (Wildman–Crippen MR) is 131 cm³/mol. The lowest BCUT2D eigenvalue weighted by molar-refractivity contribution is -0.116. The van der Waals surface area contributed by atoms with Crippen molar-refractivity contribution in [1.82, 2.24) is 0 Å². The molecule has 0 bridgehead atoms. The maximum absolute atomic E-state index is 13.7. The van der Waals surface area contributed by atoms with Gasteiger partial charge in [-0.3, -0.25) is 4.79 Å². The molecular weight excluding hydrogens is 412 g/mol. The van der Waals surface area contributed by atoms with Crippen molar-refractivity contribution in [1.29, 1.82) is 0 Å². The van der Waals surface area contributed by atoms with E-state index in [9.17, 15) is 4.79 Å². The molecule has 5 nitrogen and oxygen atoms in total.